The zero-order chi connectivity index (χ0) is 9.02. The van der Waals surface area contributed by atoms with E-state index < -0.39 is 18.0 Å². The molecule has 0 bridgehead atoms. The maximum Gasteiger partial charge on any atom is 0.308 e. The van der Waals surface area contributed by atoms with Crippen LogP contribution in [-0.2, 0) is 4.79 Å². The van der Waals surface area contributed by atoms with Crippen LogP contribution in [0.2, 0.25) is 0 Å². The minimum absolute atomic E-state index is 0.196. The van der Waals surface area contributed by atoms with Crippen LogP contribution >= 0.6 is 0 Å². The van der Waals surface area contributed by atoms with Gasteiger partial charge in [0.2, 0.25) is 0 Å². The first-order valence-corrected chi connectivity index (χ1v) is 3.52. The molecule has 4 nitrogen and oxygen atoms in total. The summed E-state index contributed by atoms with van der Waals surface area (Å²) in [4.78, 5) is 10.3. The van der Waals surface area contributed by atoms with Gasteiger partial charge in [-0.1, -0.05) is 6.92 Å². The molecule has 0 unspecified atom stereocenters. The van der Waals surface area contributed by atoms with E-state index in [9.17, 15) is 9.90 Å². The van der Waals surface area contributed by atoms with Gasteiger partial charge in [-0.3, -0.25) is 4.79 Å². The van der Waals surface area contributed by atoms with Gasteiger partial charge in [-0.05, 0) is 6.92 Å². The minimum atomic E-state index is -1.04. The van der Waals surface area contributed by atoms with Crippen LogP contribution in [0.4, 0.5) is 0 Å². The van der Waals surface area contributed by atoms with Gasteiger partial charge in [0.15, 0.2) is 0 Å². The third kappa shape index (κ3) is 2.86. The number of hydrogen-bond donors (Lipinski definition) is 3. The molecule has 0 aromatic carbocycles. The number of hydrogen-bond acceptors (Lipinski definition) is 3. The van der Waals surface area contributed by atoms with Crippen molar-refractivity contribution in [3.05, 3.63) is 0 Å². The Morgan fingerprint density at radius 3 is 2.18 bits per heavy atom. The third-order valence-electron chi connectivity index (χ3n) is 1.77. The van der Waals surface area contributed by atoms with E-state index in [1.165, 1.54) is 6.92 Å². The topological polar surface area (TPSA) is 77.8 Å². The summed E-state index contributed by atoms with van der Waals surface area (Å²) in [5.74, 6) is -2.25. The highest BCUT2D eigenvalue weighted by Crippen LogP contribution is 2.12. The Morgan fingerprint density at radius 1 is 1.45 bits per heavy atom. The van der Waals surface area contributed by atoms with Gasteiger partial charge in [0.25, 0.3) is 0 Å². The van der Waals surface area contributed by atoms with E-state index >= 15 is 0 Å². The molecule has 11 heavy (non-hydrogen) atoms. The van der Waals surface area contributed by atoms with Crippen LogP contribution in [0.5, 0.6) is 0 Å². The number of aliphatic hydroxyl groups excluding tert-OH is 2. The summed E-state index contributed by atoms with van der Waals surface area (Å²) in [6.45, 7) is 2.82. The number of carbonyl (C=O) groups is 1. The van der Waals surface area contributed by atoms with Gasteiger partial charge in [0.1, 0.15) is 0 Å². The molecule has 4 heteroatoms. The van der Waals surface area contributed by atoms with E-state index in [2.05, 4.69) is 0 Å². The highest BCUT2D eigenvalue weighted by Gasteiger charge is 2.25. The fourth-order valence-electron chi connectivity index (χ4n) is 0.747. The van der Waals surface area contributed by atoms with Crippen molar-refractivity contribution < 1.29 is 20.1 Å². The maximum absolute atomic E-state index is 10.3. The zero-order valence-electron chi connectivity index (χ0n) is 6.69. The zero-order valence-corrected chi connectivity index (χ0v) is 6.69. The van der Waals surface area contributed by atoms with Gasteiger partial charge in [0, 0.05) is 12.5 Å². The van der Waals surface area contributed by atoms with E-state index in [4.69, 9.17) is 10.2 Å². The van der Waals surface area contributed by atoms with E-state index in [1.54, 1.807) is 6.92 Å². The Kier molecular flexibility index (Phi) is 4.07. The Balaban J connectivity index is 4.00. The lowest BCUT2D eigenvalue weighted by atomic mass is 9.94. The summed E-state index contributed by atoms with van der Waals surface area (Å²) in [5.41, 5.74) is 0. The predicted molar refractivity (Wildman–Crippen MR) is 39.1 cm³/mol. The Hall–Kier alpha value is -0.610. The number of rotatable bonds is 4. The predicted octanol–water partition coefficient (Wildman–Crippen LogP) is -0.304. The van der Waals surface area contributed by atoms with Crippen LogP contribution in [-0.4, -0.2) is 34.0 Å². The molecule has 0 rings (SSSR count). The molecule has 0 aliphatic heterocycles. The van der Waals surface area contributed by atoms with E-state index in [0.29, 0.717) is 0 Å². The smallest absolute Gasteiger partial charge is 0.308 e. The second-order valence-corrected chi connectivity index (χ2v) is 2.78. The molecule has 0 amide bonds. The molecule has 0 heterocycles. The van der Waals surface area contributed by atoms with Gasteiger partial charge in [0.05, 0.1) is 12.0 Å². The summed E-state index contributed by atoms with van der Waals surface area (Å²) in [6, 6.07) is 0. The molecule has 0 aliphatic rings. The molecular formula is C7H14O4. The maximum atomic E-state index is 10.3. The summed E-state index contributed by atoms with van der Waals surface area (Å²) in [7, 11) is 0. The summed E-state index contributed by atoms with van der Waals surface area (Å²) >= 11 is 0. The Labute approximate surface area is 65.5 Å². The van der Waals surface area contributed by atoms with Gasteiger partial charge < -0.3 is 15.3 Å². The number of carboxylic acids is 1. The molecule has 0 spiro atoms. The standard InChI is InChI=1S/C7H14O4/c1-4(3-8)6(9)5(2)7(10)11/h4-6,8-9H,3H2,1-2H3,(H,10,11)/t4-,5-,6+/m0/s1. The molecule has 0 aromatic heterocycles. The van der Waals surface area contributed by atoms with Crippen molar-refractivity contribution in [2.24, 2.45) is 11.8 Å². The SMILES string of the molecule is C[C@H](C(=O)O)[C@H](O)[C@@H](C)CO. The van der Waals surface area contributed by atoms with Gasteiger partial charge >= 0.3 is 5.97 Å². The fourth-order valence-corrected chi connectivity index (χ4v) is 0.747. The molecule has 0 fully saturated rings. The van der Waals surface area contributed by atoms with Crippen LogP contribution < -0.4 is 0 Å². The molecule has 3 N–H and O–H groups in total. The van der Waals surface area contributed by atoms with Crippen LogP contribution in [0, 0.1) is 11.8 Å². The van der Waals surface area contributed by atoms with Crippen LogP contribution in [0.1, 0.15) is 13.8 Å². The number of carboxylic acid groups (broad SMARTS) is 1. The highest BCUT2D eigenvalue weighted by atomic mass is 16.4. The number of aliphatic hydroxyl groups is 2. The summed E-state index contributed by atoms with van der Waals surface area (Å²) in [5, 5.41) is 26.3. The van der Waals surface area contributed by atoms with Crippen molar-refractivity contribution in [1.29, 1.82) is 0 Å². The quantitative estimate of drug-likeness (QED) is 0.530. The average Bonchev–Trinajstić information content (AvgIpc) is 2.00. The van der Waals surface area contributed by atoms with Crippen molar-refractivity contribution in [3.8, 4) is 0 Å². The Morgan fingerprint density at radius 2 is 1.91 bits per heavy atom. The fraction of sp³-hybridized carbons (Fsp3) is 0.857. The molecular weight excluding hydrogens is 148 g/mol. The second-order valence-electron chi connectivity index (χ2n) is 2.78. The lowest BCUT2D eigenvalue weighted by Gasteiger charge is -2.19. The van der Waals surface area contributed by atoms with Crippen LogP contribution in [0.15, 0.2) is 0 Å². The molecule has 0 saturated heterocycles. The molecule has 0 aliphatic carbocycles. The lowest BCUT2D eigenvalue weighted by Crippen LogP contribution is -2.32. The van der Waals surface area contributed by atoms with Gasteiger partial charge in [-0.25, -0.2) is 0 Å². The first-order chi connectivity index (χ1) is 5.00. The molecule has 66 valence electrons. The largest absolute Gasteiger partial charge is 0.481 e. The summed E-state index contributed by atoms with van der Waals surface area (Å²) in [6.07, 6.45) is -0.975. The molecule has 0 aromatic rings. The second kappa shape index (κ2) is 4.31. The van der Waals surface area contributed by atoms with Gasteiger partial charge in [-0.15, -0.1) is 0 Å². The van der Waals surface area contributed by atoms with Crippen molar-refractivity contribution in [1.82, 2.24) is 0 Å². The monoisotopic (exact) mass is 162 g/mol. The van der Waals surface area contributed by atoms with E-state index in [-0.39, 0.29) is 12.5 Å². The lowest BCUT2D eigenvalue weighted by molar-refractivity contribution is -0.146. The first-order valence-electron chi connectivity index (χ1n) is 3.52. The van der Waals surface area contributed by atoms with Crippen LogP contribution in [0.25, 0.3) is 0 Å². The Bertz CT molecular complexity index is 134. The average molecular weight is 162 g/mol. The highest BCUT2D eigenvalue weighted by molar-refractivity contribution is 5.70. The molecule has 3 atom stereocenters. The van der Waals surface area contributed by atoms with Gasteiger partial charge in [-0.2, -0.15) is 0 Å². The van der Waals surface area contributed by atoms with Crippen LogP contribution in [0.3, 0.4) is 0 Å². The minimum Gasteiger partial charge on any atom is -0.481 e. The van der Waals surface area contributed by atoms with E-state index in [0.717, 1.165) is 0 Å². The summed E-state index contributed by atoms with van der Waals surface area (Å²) < 4.78 is 0. The number of aliphatic carboxylic acids is 1. The third-order valence-corrected chi connectivity index (χ3v) is 1.77. The molecule has 0 radical (unpaired) electrons. The first kappa shape index (κ1) is 10.4. The van der Waals surface area contributed by atoms with E-state index in [1.807, 2.05) is 0 Å². The molecule has 0 saturated carbocycles. The normalized spacial score (nSPS) is 18.9. The van der Waals surface area contributed by atoms with Crippen molar-refractivity contribution in [3.63, 3.8) is 0 Å². The van der Waals surface area contributed by atoms with Crippen molar-refractivity contribution in [2.45, 2.75) is 20.0 Å². The van der Waals surface area contributed by atoms with Crippen molar-refractivity contribution in [2.75, 3.05) is 6.61 Å². The van der Waals surface area contributed by atoms with Crippen molar-refractivity contribution >= 4 is 5.97 Å².